The Morgan fingerprint density at radius 2 is 1.86 bits per heavy atom. The summed E-state index contributed by atoms with van der Waals surface area (Å²) in [6.45, 7) is 14.8. The van der Waals surface area contributed by atoms with Crippen molar-refractivity contribution in [3.8, 4) is 0 Å². The summed E-state index contributed by atoms with van der Waals surface area (Å²) in [5, 5.41) is 0. The Labute approximate surface area is 89.4 Å². The van der Waals surface area contributed by atoms with Crippen LogP contribution in [-0.4, -0.2) is 0 Å². The second-order valence-electron chi connectivity index (χ2n) is 4.60. The molecule has 0 aliphatic heterocycles. The van der Waals surface area contributed by atoms with Gasteiger partial charge in [0.15, 0.2) is 0 Å². The first kappa shape index (κ1) is 13.2. The molecular formula is C14H24. The van der Waals surface area contributed by atoms with Crippen LogP contribution in [0, 0.1) is 5.41 Å². The predicted molar refractivity (Wildman–Crippen MR) is 66.4 cm³/mol. The molecule has 80 valence electrons. The summed E-state index contributed by atoms with van der Waals surface area (Å²) in [7, 11) is 0. The van der Waals surface area contributed by atoms with Gasteiger partial charge in [0.1, 0.15) is 0 Å². The molecule has 0 amide bonds. The lowest BCUT2D eigenvalue weighted by molar-refractivity contribution is 0.451. The number of hydrogen-bond acceptors (Lipinski definition) is 0. The van der Waals surface area contributed by atoms with E-state index in [0.29, 0.717) is 0 Å². The maximum atomic E-state index is 3.74. The smallest absolute Gasteiger partial charge is 0.0113 e. The minimum atomic E-state index is 0.289. The average Bonchev–Trinajstić information content (AvgIpc) is 2.14. The second-order valence-corrected chi connectivity index (χ2v) is 4.60. The van der Waals surface area contributed by atoms with Crippen molar-refractivity contribution < 1.29 is 0 Å². The quantitative estimate of drug-likeness (QED) is 0.544. The zero-order valence-corrected chi connectivity index (χ0v) is 10.4. The minimum Gasteiger partial charge on any atom is -0.103 e. The van der Waals surface area contributed by atoms with E-state index in [1.807, 2.05) is 6.08 Å². The van der Waals surface area contributed by atoms with Crippen molar-refractivity contribution in [3.05, 3.63) is 36.0 Å². The van der Waals surface area contributed by atoms with Gasteiger partial charge in [-0.15, -0.1) is 6.58 Å². The standard InChI is InChI=1S/C14H24/c1-7-9-12(3)10-11-14(5,6)13(4)8-2/h7-8,10H,1,9,11H2,2-6H3. The highest BCUT2D eigenvalue weighted by Crippen LogP contribution is 2.30. The molecule has 0 N–H and O–H groups in total. The maximum Gasteiger partial charge on any atom is -0.0113 e. The fourth-order valence-electron chi connectivity index (χ4n) is 1.29. The van der Waals surface area contributed by atoms with Crippen LogP contribution in [0.15, 0.2) is 36.0 Å². The Balaban J connectivity index is 4.37. The second kappa shape index (κ2) is 5.85. The van der Waals surface area contributed by atoms with E-state index in [-0.39, 0.29) is 5.41 Å². The molecule has 0 saturated carbocycles. The van der Waals surface area contributed by atoms with Crippen LogP contribution in [0.25, 0.3) is 0 Å². The van der Waals surface area contributed by atoms with Crippen molar-refractivity contribution in [3.63, 3.8) is 0 Å². The zero-order valence-electron chi connectivity index (χ0n) is 10.4. The van der Waals surface area contributed by atoms with E-state index in [2.05, 4.69) is 53.3 Å². The molecule has 0 atom stereocenters. The molecule has 0 heteroatoms. The summed E-state index contributed by atoms with van der Waals surface area (Å²) in [5.74, 6) is 0. The van der Waals surface area contributed by atoms with Gasteiger partial charge in [-0.3, -0.25) is 0 Å². The van der Waals surface area contributed by atoms with E-state index in [9.17, 15) is 0 Å². The lowest BCUT2D eigenvalue weighted by Gasteiger charge is -2.24. The number of rotatable bonds is 5. The first-order valence-corrected chi connectivity index (χ1v) is 5.34. The van der Waals surface area contributed by atoms with Gasteiger partial charge in [0.25, 0.3) is 0 Å². The summed E-state index contributed by atoms with van der Waals surface area (Å²) in [6, 6.07) is 0. The molecule has 0 heterocycles. The fraction of sp³-hybridized carbons (Fsp3) is 0.571. The van der Waals surface area contributed by atoms with Crippen LogP contribution < -0.4 is 0 Å². The highest BCUT2D eigenvalue weighted by atomic mass is 14.2. The van der Waals surface area contributed by atoms with Crippen LogP contribution in [0.3, 0.4) is 0 Å². The molecule has 0 aromatic rings. The van der Waals surface area contributed by atoms with Crippen molar-refractivity contribution in [2.24, 2.45) is 5.41 Å². The normalized spacial score (nSPS) is 14.4. The van der Waals surface area contributed by atoms with Gasteiger partial charge in [0.2, 0.25) is 0 Å². The Hall–Kier alpha value is -0.780. The van der Waals surface area contributed by atoms with Gasteiger partial charge in [-0.05, 0) is 39.0 Å². The lowest BCUT2D eigenvalue weighted by Crippen LogP contribution is -2.11. The Morgan fingerprint density at radius 1 is 1.29 bits per heavy atom. The average molecular weight is 192 g/mol. The van der Waals surface area contributed by atoms with Gasteiger partial charge in [0, 0.05) is 0 Å². The van der Waals surface area contributed by atoms with Crippen LogP contribution in [0.1, 0.15) is 47.5 Å². The molecule has 0 aromatic heterocycles. The third-order valence-corrected chi connectivity index (χ3v) is 2.93. The number of hydrogen-bond donors (Lipinski definition) is 0. The van der Waals surface area contributed by atoms with Gasteiger partial charge >= 0.3 is 0 Å². The largest absolute Gasteiger partial charge is 0.103 e. The van der Waals surface area contributed by atoms with Crippen molar-refractivity contribution in [2.75, 3.05) is 0 Å². The minimum absolute atomic E-state index is 0.289. The topological polar surface area (TPSA) is 0 Å². The molecule has 14 heavy (non-hydrogen) atoms. The van der Waals surface area contributed by atoms with Crippen molar-refractivity contribution in [1.29, 1.82) is 0 Å². The Kier molecular flexibility index (Phi) is 5.52. The van der Waals surface area contributed by atoms with E-state index in [0.717, 1.165) is 12.8 Å². The van der Waals surface area contributed by atoms with Gasteiger partial charge in [-0.25, -0.2) is 0 Å². The monoisotopic (exact) mass is 192 g/mol. The third-order valence-electron chi connectivity index (χ3n) is 2.93. The molecule has 0 nitrogen and oxygen atoms in total. The first-order valence-electron chi connectivity index (χ1n) is 5.34. The van der Waals surface area contributed by atoms with Gasteiger partial charge in [-0.1, -0.05) is 43.2 Å². The van der Waals surface area contributed by atoms with Crippen LogP contribution in [0.5, 0.6) is 0 Å². The third kappa shape index (κ3) is 4.45. The molecule has 0 saturated heterocycles. The first-order chi connectivity index (χ1) is 6.44. The van der Waals surface area contributed by atoms with Crippen molar-refractivity contribution >= 4 is 0 Å². The van der Waals surface area contributed by atoms with Crippen molar-refractivity contribution in [2.45, 2.75) is 47.5 Å². The Bertz CT molecular complexity index is 239. The highest BCUT2D eigenvalue weighted by Gasteiger charge is 2.17. The molecule has 0 fully saturated rings. The summed E-state index contributed by atoms with van der Waals surface area (Å²) >= 11 is 0. The SMILES string of the molecule is C=CCC(C)=CCC(C)(C)C(C)=CC. The molecule has 0 aliphatic rings. The molecule has 0 unspecified atom stereocenters. The van der Waals surface area contributed by atoms with Crippen LogP contribution in [-0.2, 0) is 0 Å². The molecule has 0 rings (SSSR count). The summed E-state index contributed by atoms with van der Waals surface area (Å²) in [4.78, 5) is 0. The summed E-state index contributed by atoms with van der Waals surface area (Å²) in [5.41, 5.74) is 3.16. The van der Waals surface area contributed by atoms with E-state index in [1.54, 1.807) is 0 Å². The summed E-state index contributed by atoms with van der Waals surface area (Å²) in [6.07, 6.45) is 8.61. The van der Waals surface area contributed by atoms with Crippen LogP contribution in [0.2, 0.25) is 0 Å². The predicted octanol–water partition coefficient (Wildman–Crippen LogP) is 4.89. The highest BCUT2D eigenvalue weighted by molar-refractivity contribution is 5.12. The van der Waals surface area contributed by atoms with Gasteiger partial charge in [-0.2, -0.15) is 0 Å². The molecule has 0 radical (unpaired) electrons. The summed E-state index contributed by atoms with van der Waals surface area (Å²) < 4.78 is 0. The lowest BCUT2D eigenvalue weighted by atomic mass is 9.81. The fourth-order valence-corrected chi connectivity index (χ4v) is 1.29. The van der Waals surface area contributed by atoms with Crippen molar-refractivity contribution in [1.82, 2.24) is 0 Å². The van der Waals surface area contributed by atoms with Gasteiger partial charge < -0.3 is 0 Å². The number of allylic oxidation sites excluding steroid dienone is 5. The molecule has 0 aliphatic carbocycles. The molecule has 0 aromatic carbocycles. The van der Waals surface area contributed by atoms with Crippen LogP contribution >= 0.6 is 0 Å². The molecular weight excluding hydrogens is 168 g/mol. The maximum absolute atomic E-state index is 3.74. The van der Waals surface area contributed by atoms with Gasteiger partial charge in [0.05, 0.1) is 0 Å². The van der Waals surface area contributed by atoms with E-state index < -0.39 is 0 Å². The van der Waals surface area contributed by atoms with Crippen LogP contribution in [0.4, 0.5) is 0 Å². The van der Waals surface area contributed by atoms with E-state index in [4.69, 9.17) is 0 Å². The molecule has 0 bridgehead atoms. The zero-order chi connectivity index (χ0) is 11.2. The Morgan fingerprint density at radius 3 is 2.29 bits per heavy atom. The van der Waals surface area contributed by atoms with E-state index in [1.165, 1.54) is 11.1 Å². The molecule has 0 spiro atoms. The van der Waals surface area contributed by atoms with E-state index >= 15 is 0 Å².